The first-order chi connectivity index (χ1) is 15.9. The first kappa shape index (κ1) is 23.6. The van der Waals surface area contributed by atoms with Gasteiger partial charge in [-0.3, -0.25) is 9.69 Å². The predicted octanol–water partition coefficient (Wildman–Crippen LogP) is 7.30. The summed E-state index contributed by atoms with van der Waals surface area (Å²) < 4.78 is 12.1. The first-order valence-electron chi connectivity index (χ1n) is 9.95. The van der Waals surface area contributed by atoms with Crippen LogP contribution in [0.25, 0.3) is 6.08 Å². The summed E-state index contributed by atoms with van der Waals surface area (Å²) in [6.07, 6.45) is 1.77. The van der Waals surface area contributed by atoms with E-state index in [1.54, 1.807) is 36.3 Å². The van der Waals surface area contributed by atoms with Crippen LogP contribution in [-0.2, 0) is 11.4 Å². The zero-order valence-electron chi connectivity index (χ0n) is 17.8. The van der Waals surface area contributed by atoms with Crippen molar-refractivity contribution in [2.24, 2.45) is 0 Å². The SMILES string of the molecule is COc1cccc(/C=C2\SC(=S)N(c3ccc(C)cc3)C2=O)c1OCc1ccc(Cl)cc1Cl. The fourth-order valence-electron chi connectivity index (χ4n) is 3.28. The molecule has 0 bridgehead atoms. The number of para-hydroxylation sites is 1. The number of carbonyl (C=O) groups excluding carboxylic acids is 1. The molecule has 0 atom stereocenters. The number of anilines is 1. The summed E-state index contributed by atoms with van der Waals surface area (Å²) in [5, 5.41) is 1.07. The van der Waals surface area contributed by atoms with E-state index in [-0.39, 0.29) is 12.5 Å². The standard InChI is InChI=1S/C25H19Cl2NO3S2/c1-15-6-10-19(11-7-15)28-24(29)22(33-25(28)32)12-16-4-3-5-21(30-2)23(16)31-14-17-8-9-18(26)13-20(17)27/h3-13H,14H2,1-2H3/b22-12-. The minimum absolute atomic E-state index is 0.177. The van der Waals surface area contributed by atoms with Gasteiger partial charge in [-0.05, 0) is 43.3 Å². The lowest BCUT2D eigenvalue weighted by Crippen LogP contribution is -2.27. The number of ether oxygens (including phenoxy) is 2. The minimum Gasteiger partial charge on any atom is -0.493 e. The van der Waals surface area contributed by atoms with Gasteiger partial charge in [-0.2, -0.15) is 0 Å². The maximum absolute atomic E-state index is 13.2. The van der Waals surface area contributed by atoms with E-state index in [0.717, 1.165) is 16.8 Å². The van der Waals surface area contributed by atoms with Crippen LogP contribution < -0.4 is 14.4 Å². The van der Waals surface area contributed by atoms with Gasteiger partial charge in [0.15, 0.2) is 15.8 Å². The molecule has 4 nitrogen and oxygen atoms in total. The zero-order chi connectivity index (χ0) is 23.5. The van der Waals surface area contributed by atoms with Gasteiger partial charge < -0.3 is 9.47 Å². The van der Waals surface area contributed by atoms with E-state index >= 15 is 0 Å². The van der Waals surface area contributed by atoms with E-state index in [2.05, 4.69) is 0 Å². The maximum Gasteiger partial charge on any atom is 0.270 e. The van der Waals surface area contributed by atoms with Crippen molar-refractivity contribution in [2.75, 3.05) is 12.0 Å². The van der Waals surface area contributed by atoms with Crippen LogP contribution in [0.15, 0.2) is 65.6 Å². The molecule has 0 aromatic heterocycles. The highest BCUT2D eigenvalue weighted by Gasteiger charge is 2.33. The Balaban J connectivity index is 1.64. The summed E-state index contributed by atoms with van der Waals surface area (Å²) in [6.45, 7) is 2.21. The van der Waals surface area contributed by atoms with Gasteiger partial charge in [0, 0.05) is 21.2 Å². The predicted molar refractivity (Wildman–Crippen MR) is 141 cm³/mol. The highest BCUT2D eigenvalue weighted by molar-refractivity contribution is 8.27. The lowest BCUT2D eigenvalue weighted by molar-refractivity contribution is -0.113. The molecule has 1 aliphatic rings. The van der Waals surface area contributed by atoms with Gasteiger partial charge in [0.05, 0.1) is 17.7 Å². The second-order valence-corrected chi connectivity index (χ2v) is 9.78. The lowest BCUT2D eigenvalue weighted by atomic mass is 10.1. The Morgan fingerprint density at radius 1 is 1.09 bits per heavy atom. The van der Waals surface area contributed by atoms with Crippen molar-refractivity contribution in [1.29, 1.82) is 0 Å². The number of thioether (sulfide) groups is 1. The van der Waals surface area contributed by atoms with Crippen molar-refractivity contribution in [1.82, 2.24) is 0 Å². The van der Waals surface area contributed by atoms with Gasteiger partial charge in [-0.25, -0.2) is 0 Å². The molecule has 8 heteroatoms. The summed E-state index contributed by atoms with van der Waals surface area (Å²) in [6, 6.07) is 18.4. The third-order valence-electron chi connectivity index (χ3n) is 4.99. The Morgan fingerprint density at radius 3 is 2.55 bits per heavy atom. The smallest absolute Gasteiger partial charge is 0.270 e. The molecule has 1 heterocycles. The second kappa shape index (κ2) is 10.2. The van der Waals surface area contributed by atoms with E-state index in [1.807, 2.05) is 49.4 Å². The average molecular weight is 516 g/mol. The van der Waals surface area contributed by atoms with Crippen LogP contribution in [0.1, 0.15) is 16.7 Å². The molecule has 0 spiro atoms. The lowest BCUT2D eigenvalue weighted by Gasteiger charge is -2.15. The Morgan fingerprint density at radius 2 is 1.85 bits per heavy atom. The zero-order valence-corrected chi connectivity index (χ0v) is 20.9. The molecule has 1 fully saturated rings. The maximum atomic E-state index is 13.2. The summed E-state index contributed by atoms with van der Waals surface area (Å²) >= 11 is 19.0. The Hall–Kier alpha value is -2.51. The minimum atomic E-state index is -0.177. The van der Waals surface area contributed by atoms with Gasteiger partial charge in [-0.15, -0.1) is 0 Å². The molecule has 1 saturated heterocycles. The molecule has 0 aliphatic carbocycles. The number of benzene rings is 3. The highest BCUT2D eigenvalue weighted by Crippen LogP contribution is 2.39. The van der Waals surface area contributed by atoms with Crippen LogP contribution in [0.5, 0.6) is 11.5 Å². The molecule has 0 unspecified atom stereocenters. The van der Waals surface area contributed by atoms with Gasteiger partial charge in [-0.1, -0.05) is 83.1 Å². The molecule has 1 aliphatic heterocycles. The quantitative estimate of drug-likeness (QED) is 0.254. The molecule has 3 aromatic carbocycles. The number of carbonyl (C=O) groups is 1. The number of hydrogen-bond donors (Lipinski definition) is 0. The Labute approximate surface area is 212 Å². The monoisotopic (exact) mass is 515 g/mol. The molecule has 168 valence electrons. The van der Waals surface area contributed by atoms with Gasteiger partial charge in [0.25, 0.3) is 5.91 Å². The fourth-order valence-corrected chi connectivity index (χ4v) is 5.03. The summed E-state index contributed by atoms with van der Waals surface area (Å²) in [5.74, 6) is 0.873. The molecule has 33 heavy (non-hydrogen) atoms. The molecule has 0 saturated carbocycles. The van der Waals surface area contributed by atoms with Crippen LogP contribution >= 0.6 is 47.2 Å². The van der Waals surface area contributed by atoms with Crippen LogP contribution in [0.2, 0.25) is 10.0 Å². The second-order valence-electron chi connectivity index (χ2n) is 7.26. The van der Waals surface area contributed by atoms with Crippen molar-refractivity contribution in [3.8, 4) is 11.5 Å². The van der Waals surface area contributed by atoms with Crippen LogP contribution in [0.4, 0.5) is 5.69 Å². The molecule has 0 radical (unpaired) electrons. The number of methoxy groups -OCH3 is 1. The molecule has 0 N–H and O–H groups in total. The Kier molecular flexibility index (Phi) is 7.29. The third-order valence-corrected chi connectivity index (χ3v) is 6.88. The molecule has 4 rings (SSSR count). The van der Waals surface area contributed by atoms with Gasteiger partial charge in [0.1, 0.15) is 6.61 Å². The van der Waals surface area contributed by atoms with Crippen molar-refractivity contribution < 1.29 is 14.3 Å². The third kappa shape index (κ3) is 5.20. The van der Waals surface area contributed by atoms with Crippen LogP contribution in [-0.4, -0.2) is 17.3 Å². The van der Waals surface area contributed by atoms with Crippen molar-refractivity contribution >= 4 is 69.2 Å². The number of thiocarbonyl (C=S) groups is 1. The summed E-state index contributed by atoms with van der Waals surface area (Å²) in [4.78, 5) is 15.2. The number of rotatable bonds is 6. The van der Waals surface area contributed by atoms with E-state index < -0.39 is 0 Å². The van der Waals surface area contributed by atoms with Crippen LogP contribution in [0.3, 0.4) is 0 Å². The molecular formula is C25H19Cl2NO3S2. The number of aryl methyl sites for hydroxylation is 1. The average Bonchev–Trinajstić information content (AvgIpc) is 3.07. The largest absolute Gasteiger partial charge is 0.493 e. The highest BCUT2D eigenvalue weighted by atomic mass is 35.5. The normalized spacial score (nSPS) is 14.8. The van der Waals surface area contributed by atoms with Gasteiger partial charge in [0.2, 0.25) is 0 Å². The summed E-state index contributed by atoms with van der Waals surface area (Å²) in [5.41, 5.74) is 3.33. The number of amides is 1. The topological polar surface area (TPSA) is 38.8 Å². The van der Waals surface area contributed by atoms with E-state index in [0.29, 0.717) is 36.3 Å². The molecular weight excluding hydrogens is 497 g/mol. The number of halogens is 2. The fraction of sp³-hybridized carbons (Fsp3) is 0.120. The van der Waals surface area contributed by atoms with E-state index in [4.69, 9.17) is 44.9 Å². The number of hydrogen-bond acceptors (Lipinski definition) is 5. The van der Waals surface area contributed by atoms with Crippen molar-refractivity contribution in [3.63, 3.8) is 0 Å². The molecule has 1 amide bonds. The number of nitrogens with zero attached hydrogens (tertiary/aromatic N) is 1. The Bertz CT molecular complexity index is 1260. The first-order valence-corrected chi connectivity index (χ1v) is 11.9. The summed E-state index contributed by atoms with van der Waals surface area (Å²) in [7, 11) is 1.57. The van der Waals surface area contributed by atoms with Crippen molar-refractivity contribution in [3.05, 3.63) is 92.3 Å². The molecule has 3 aromatic rings. The van der Waals surface area contributed by atoms with Gasteiger partial charge >= 0.3 is 0 Å². The van der Waals surface area contributed by atoms with Crippen LogP contribution in [0, 0.1) is 6.92 Å². The van der Waals surface area contributed by atoms with E-state index in [1.165, 1.54) is 11.8 Å². The van der Waals surface area contributed by atoms with Crippen molar-refractivity contribution in [2.45, 2.75) is 13.5 Å². The van der Waals surface area contributed by atoms with E-state index in [9.17, 15) is 4.79 Å².